The summed E-state index contributed by atoms with van der Waals surface area (Å²) in [5.41, 5.74) is 8.28. The number of nitrogens with two attached hydrogens (primary N) is 1. The summed E-state index contributed by atoms with van der Waals surface area (Å²) < 4.78 is 0. The fourth-order valence-corrected chi connectivity index (χ4v) is 3.18. The van der Waals surface area contributed by atoms with Crippen LogP contribution in [0.5, 0.6) is 0 Å². The number of anilines is 1. The lowest BCUT2D eigenvalue weighted by molar-refractivity contribution is 0.0704. The summed E-state index contributed by atoms with van der Waals surface area (Å²) in [6, 6.07) is 6.15. The van der Waals surface area contributed by atoms with Crippen LogP contribution in [-0.2, 0) is 0 Å². The second-order valence-electron chi connectivity index (χ2n) is 5.38. The molecule has 1 aliphatic heterocycles. The van der Waals surface area contributed by atoms with Crippen molar-refractivity contribution in [2.75, 3.05) is 12.3 Å². The highest BCUT2D eigenvalue weighted by Crippen LogP contribution is 2.38. The summed E-state index contributed by atoms with van der Waals surface area (Å²) in [5, 5.41) is 0. The molecule has 0 radical (unpaired) electrons. The van der Waals surface area contributed by atoms with E-state index >= 15 is 0 Å². The molecule has 2 atom stereocenters. The predicted octanol–water partition coefficient (Wildman–Crippen LogP) is 2.20. The third-order valence-electron chi connectivity index (χ3n) is 4.11. The number of hydrogen-bond donors (Lipinski definition) is 1. The van der Waals surface area contributed by atoms with E-state index in [1.807, 2.05) is 30.0 Å². The van der Waals surface area contributed by atoms with Crippen LogP contribution in [0.2, 0.25) is 0 Å². The fraction of sp³-hybridized carbons (Fsp3) is 0.500. The maximum atomic E-state index is 12.5. The van der Waals surface area contributed by atoms with Crippen molar-refractivity contribution >= 4 is 11.6 Å². The van der Waals surface area contributed by atoms with E-state index in [-0.39, 0.29) is 5.91 Å². The molecule has 1 aromatic carbocycles. The van der Waals surface area contributed by atoms with Crippen molar-refractivity contribution in [1.82, 2.24) is 4.90 Å². The number of carbonyl (C=O) groups is 1. The van der Waals surface area contributed by atoms with E-state index in [4.69, 9.17) is 5.73 Å². The number of nitrogen functional groups attached to an aromatic ring is 1. The number of hydrogen-bond acceptors (Lipinski definition) is 2. The number of piperidine rings is 1. The van der Waals surface area contributed by atoms with E-state index in [0.29, 0.717) is 17.3 Å². The standard InChI is InChI=1S/C14H18N2O/c1-9-2-5-13(15)12(6-9)14(17)16-8-10-3-4-11(16)7-10/h2,5-6,10-11H,3-4,7-8,15H2,1H3. The van der Waals surface area contributed by atoms with Gasteiger partial charge in [0.05, 0.1) is 5.56 Å². The van der Waals surface area contributed by atoms with Gasteiger partial charge in [-0.25, -0.2) is 0 Å². The molecule has 0 aromatic heterocycles. The molecule has 1 aliphatic carbocycles. The maximum Gasteiger partial charge on any atom is 0.256 e. The van der Waals surface area contributed by atoms with Gasteiger partial charge in [0.25, 0.3) is 5.91 Å². The van der Waals surface area contributed by atoms with E-state index < -0.39 is 0 Å². The van der Waals surface area contributed by atoms with Crippen molar-refractivity contribution in [3.05, 3.63) is 29.3 Å². The third-order valence-corrected chi connectivity index (χ3v) is 4.11. The zero-order valence-electron chi connectivity index (χ0n) is 10.1. The highest BCUT2D eigenvalue weighted by molar-refractivity contribution is 5.99. The quantitative estimate of drug-likeness (QED) is 0.752. The number of aryl methyl sites for hydroxylation is 1. The van der Waals surface area contributed by atoms with Crippen LogP contribution in [0.4, 0.5) is 5.69 Å². The topological polar surface area (TPSA) is 46.3 Å². The zero-order valence-corrected chi connectivity index (χ0v) is 10.1. The number of benzene rings is 1. The Morgan fingerprint density at radius 2 is 2.24 bits per heavy atom. The first kappa shape index (κ1) is 10.6. The Bertz CT molecular complexity index is 469. The Balaban J connectivity index is 1.89. The lowest BCUT2D eigenvalue weighted by Gasteiger charge is -2.27. The summed E-state index contributed by atoms with van der Waals surface area (Å²) in [5.74, 6) is 0.855. The molecule has 2 bridgehead atoms. The molecule has 1 saturated heterocycles. The summed E-state index contributed by atoms with van der Waals surface area (Å²) in [6.45, 7) is 2.92. The van der Waals surface area contributed by atoms with Gasteiger partial charge in [-0.05, 0) is 44.2 Å². The molecule has 1 saturated carbocycles. The minimum absolute atomic E-state index is 0.124. The fourth-order valence-electron chi connectivity index (χ4n) is 3.18. The molecule has 1 heterocycles. The van der Waals surface area contributed by atoms with Crippen LogP contribution >= 0.6 is 0 Å². The number of fused-ring (bicyclic) bond motifs is 2. The van der Waals surface area contributed by atoms with Crippen LogP contribution in [0.25, 0.3) is 0 Å². The van der Waals surface area contributed by atoms with Gasteiger partial charge in [0, 0.05) is 18.3 Å². The normalized spacial score (nSPS) is 26.5. The molecule has 90 valence electrons. The number of carbonyl (C=O) groups excluding carboxylic acids is 1. The van der Waals surface area contributed by atoms with Crippen LogP contribution in [0.3, 0.4) is 0 Å². The SMILES string of the molecule is Cc1ccc(N)c(C(=O)N2CC3CCC2C3)c1. The lowest BCUT2D eigenvalue weighted by Crippen LogP contribution is -2.38. The van der Waals surface area contributed by atoms with Crippen LogP contribution in [0, 0.1) is 12.8 Å². The molecule has 2 unspecified atom stereocenters. The average molecular weight is 230 g/mol. The van der Waals surface area contributed by atoms with Crippen molar-refractivity contribution in [2.45, 2.75) is 32.2 Å². The molecule has 3 rings (SSSR count). The van der Waals surface area contributed by atoms with Gasteiger partial charge in [0.1, 0.15) is 0 Å². The summed E-state index contributed by atoms with van der Waals surface area (Å²) in [7, 11) is 0. The smallest absolute Gasteiger partial charge is 0.256 e. The van der Waals surface area contributed by atoms with Crippen LogP contribution < -0.4 is 5.73 Å². The Hall–Kier alpha value is -1.51. The largest absolute Gasteiger partial charge is 0.398 e. The Morgan fingerprint density at radius 1 is 1.41 bits per heavy atom. The Morgan fingerprint density at radius 3 is 2.88 bits per heavy atom. The van der Waals surface area contributed by atoms with E-state index in [2.05, 4.69) is 0 Å². The van der Waals surface area contributed by atoms with Crippen molar-refractivity contribution in [3.63, 3.8) is 0 Å². The van der Waals surface area contributed by atoms with Crippen molar-refractivity contribution in [1.29, 1.82) is 0 Å². The molecule has 1 aromatic rings. The average Bonchev–Trinajstić information content (AvgIpc) is 2.93. The minimum atomic E-state index is 0.124. The van der Waals surface area contributed by atoms with E-state index in [0.717, 1.165) is 18.0 Å². The summed E-state index contributed by atoms with van der Waals surface area (Å²) in [6.07, 6.45) is 3.65. The molecule has 0 spiro atoms. The Kier molecular flexibility index (Phi) is 2.35. The van der Waals surface area contributed by atoms with E-state index in [1.54, 1.807) is 0 Å². The minimum Gasteiger partial charge on any atom is -0.398 e. The molecule has 3 nitrogen and oxygen atoms in total. The van der Waals surface area contributed by atoms with Gasteiger partial charge in [-0.1, -0.05) is 11.6 Å². The number of rotatable bonds is 1. The molecule has 1 amide bonds. The van der Waals surface area contributed by atoms with Gasteiger partial charge in [-0.15, -0.1) is 0 Å². The summed E-state index contributed by atoms with van der Waals surface area (Å²) in [4.78, 5) is 14.5. The molecular formula is C14H18N2O. The van der Waals surface area contributed by atoms with Crippen LogP contribution in [0.1, 0.15) is 35.2 Å². The maximum absolute atomic E-state index is 12.5. The first-order chi connectivity index (χ1) is 8.15. The second-order valence-corrected chi connectivity index (χ2v) is 5.38. The monoisotopic (exact) mass is 230 g/mol. The summed E-state index contributed by atoms with van der Waals surface area (Å²) >= 11 is 0. The highest BCUT2D eigenvalue weighted by atomic mass is 16.2. The van der Waals surface area contributed by atoms with E-state index in [1.165, 1.54) is 19.3 Å². The van der Waals surface area contributed by atoms with Gasteiger partial charge >= 0.3 is 0 Å². The highest BCUT2D eigenvalue weighted by Gasteiger charge is 2.40. The van der Waals surface area contributed by atoms with Gasteiger partial charge in [0.15, 0.2) is 0 Å². The predicted molar refractivity (Wildman–Crippen MR) is 67.8 cm³/mol. The second kappa shape index (κ2) is 3.76. The lowest BCUT2D eigenvalue weighted by atomic mass is 10.1. The number of nitrogens with zero attached hydrogens (tertiary/aromatic N) is 1. The Labute approximate surface area is 102 Å². The van der Waals surface area contributed by atoms with Gasteiger partial charge < -0.3 is 10.6 Å². The van der Waals surface area contributed by atoms with Crippen molar-refractivity contribution < 1.29 is 4.79 Å². The molecule has 2 N–H and O–H groups in total. The van der Waals surface area contributed by atoms with Gasteiger partial charge in [0.2, 0.25) is 0 Å². The first-order valence-corrected chi connectivity index (χ1v) is 6.32. The molecule has 2 aliphatic rings. The van der Waals surface area contributed by atoms with Gasteiger partial charge in [-0.3, -0.25) is 4.79 Å². The molecule has 2 fully saturated rings. The van der Waals surface area contributed by atoms with E-state index in [9.17, 15) is 4.79 Å². The molecule has 3 heteroatoms. The van der Waals surface area contributed by atoms with Gasteiger partial charge in [-0.2, -0.15) is 0 Å². The molecular weight excluding hydrogens is 212 g/mol. The third kappa shape index (κ3) is 1.70. The molecule has 17 heavy (non-hydrogen) atoms. The number of amides is 1. The van der Waals surface area contributed by atoms with Crippen molar-refractivity contribution in [3.8, 4) is 0 Å². The van der Waals surface area contributed by atoms with Crippen LogP contribution in [0.15, 0.2) is 18.2 Å². The van der Waals surface area contributed by atoms with Crippen molar-refractivity contribution in [2.24, 2.45) is 5.92 Å². The first-order valence-electron chi connectivity index (χ1n) is 6.32. The zero-order chi connectivity index (χ0) is 12.0. The van der Waals surface area contributed by atoms with Crippen LogP contribution in [-0.4, -0.2) is 23.4 Å². The number of likely N-dealkylation sites (tertiary alicyclic amines) is 1.